The first-order valence-corrected chi connectivity index (χ1v) is 12.1. The van der Waals surface area contributed by atoms with Crippen LogP contribution in [0.1, 0.15) is 43.2 Å². The molecule has 3 rings (SSSR count). The molecule has 3 aromatic rings. The van der Waals surface area contributed by atoms with Gasteiger partial charge in [0.05, 0.1) is 23.1 Å². The molecule has 2 N–H and O–H groups in total. The predicted molar refractivity (Wildman–Crippen MR) is 126 cm³/mol. The second-order valence-corrected chi connectivity index (χ2v) is 10.5. The van der Waals surface area contributed by atoms with Crippen molar-refractivity contribution < 1.29 is 8.42 Å². The van der Waals surface area contributed by atoms with Gasteiger partial charge in [-0.2, -0.15) is 5.26 Å². The molecule has 0 radical (unpaired) electrons. The largest absolute Gasteiger partial charge is 0.329 e. The summed E-state index contributed by atoms with van der Waals surface area (Å²) in [5, 5.41) is 9.92. The van der Waals surface area contributed by atoms with Gasteiger partial charge < -0.3 is 4.98 Å². The number of hydrogen-bond donors (Lipinski definition) is 2. The van der Waals surface area contributed by atoms with Gasteiger partial charge in [-0.1, -0.05) is 32.9 Å². The minimum Gasteiger partial charge on any atom is -0.329 e. The molecule has 2 heterocycles. The number of rotatable bonds is 6. The third-order valence-electron chi connectivity index (χ3n) is 4.99. The Bertz CT molecular complexity index is 1330. The molecule has 32 heavy (non-hydrogen) atoms. The zero-order valence-corrected chi connectivity index (χ0v) is 19.4. The summed E-state index contributed by atoms with van der Waals surface area (Å²) in [6.45, 7) is 6.12. The van der Waals surface area contributed by atoms with Crippen molar-refractivity contribution in [3.8, 4) is 17.3 Å². The van der Waals surface area contributed by atoms with E-state index in [1.807, 2.05) is 39.0 Å². The van der Waals surface area contributed by atoms with Gasteiger partial charge in [0.25, 0.3) is 5.56 Å². The second-order valence-electron chi connectivity index (χ2n) is 8.74. The van der Waals surface area contributed by atoms with E-state index >= 15 is 0 Å². The van der Waals surface area contributed by atoms with Crippen molar-refractivity contribution in [1.82, 2.24) is 9.97 Å². The highest BCUT2D eigenvalue weighted by Gasteiger charge is 2.22. The van der Waals surface area contributed by atoms with Gasteiger partial charge in [0, 0.05) is 23.0 Å². The molecule has 0 fully saturated rings. The number of nitrogens with one attached hydrogen (secondary N) is 2. The number of pyridine rings is 2. The third-order valence-corrected chi connectivity index (χ3v) is 5.60. The number of H-pyrrole nitrogens is 1. The zero-order chi connectivity index (χ0) is 23.5. The Hall–Kier alpha value is -3.44. The quantitative estimate of drug-likeness (QED) is 0.593. The number of aryl methyl sites for hydroxylation is 2. The van der Waals surface area contributed by atoms with Crippen molar-refractivity contribution in [3.63, 3.8) is 0 Å². The number of anilines is 1. The average molecular weight is 451 g/mol. The van der Waals surface area contributed by atoms with E-state index in [0.29, 0.717) is 35.3 Å². The molecule has 2 aromatic heterocycles. The summed E-state index contributed by atoms with van der Waals surface area (Å²) in [5.41, 5.74) is 3.73. The smallest absolute Gasteiger partial charge is 0.257 e. The van der Waals surface area contributed by atoms with Gasteiger partial charge in [-0.15, -0.1) is 0 Å². The molecule has 0 saturated carbocycles. The molecule has 0 bridgehead atoms. The lowest BCUT2D eigenvalue weighted by Crippen LogP contribution is -2.18. The van der Waals surface area contributed by atoms with E-state index in [2.05, 4.69) is 15.8 Å². The molecular weight excluding hydrogens is 424 g/mol. The van der Waals surface area contributed by atoms with E-state index in [-0.39, 0.29) is 11.0 Å². The van der Waals surface area contributed by atoms with Gasteiger partial charge in [-0.25, -0.2) is 8.42 Å². The van der Waals surface area contributed by atoms with Crippen LogP contribution in [-0.2, 0) is 28.3 Å². The Balaban J connectivity index is 1.99. The molecule has 7 nitrogen and oxygen atoms in total. The number of aromatic amines is 1. The van der Waals surface area contributed by atoms with Crippen LogP contribution in [0.15, 0.2) is 53.5 Å². The summed E-state index contributed by atoms with van der Waals surface area (Å²) in [4.78, 5) is 19.8. The monoisotopic (exact) mass is 450 g/mol. The minimum absolute atomic E-state index is 0.266. The van der Waals surface area contributed by atoms with Crippen LogP contribution in [0.4, 0.5) is 5.69 Å². The molecule has 0 amide bonds. The van der Waals surface area contributed by atoms with Gasteiger partial charge in [0.2, 0.25) is 10.0 Å². The highest BCUT2D eigenvalue weighted by Crippen LogP contribution is 2.29. The first kappa shape index (κ1) is 23.2. The molecule has 0 aliphatic heterocycles. The lowest BCUT2D eigenvalue weighted by molar-refractivity contribution is 0.568. The van der Waals surface area contributed by atoms with Crippen molar-refractivity contribution in [3.05, 3.63) is 81.4 Å². The molecule has 0 unspecified atom stereocenters. The molecule has 1 aromatic carbocycles. The summed E-state index contributed by atoms with van der Waals surface area (Å²) in [5.74, 6) is 0. The molecule has 0 spiro atoms. The Kier molecular flexibility index (Phi) is 6.51. The molecule has 0 saturated heterocycles. The topological polar surface area (TPSA) is 116 Å². The normalized spacial score (nSPS) is 11.7. The van der Waals surface area contributed by atoms with Gasteiger partial charge in [-0.05, 0) is 54.3 Å². The SMILES string of the molecule is CC(C)(C)c1cc(CCc2ccc(NS(C)(=O)=O)cc2)c(C#N)c(-c2ccc[nH]c2=O)n1. The van der Waals surface area contributed by atoms with Crippen molar-refractivity contribution in [2.75, 3.05) is 11.0 Å². The number of benzene rings is 1. The van der Waals surface area contributed by atoms with Gasteiger partial charge in [-0.3, -0.25) is 14.5 Å². The van der Waals surface area contributed by atoms with Crippen LogP contribution >= 0.6 is 0 Å². The minimum atomic E-state index is -3.33. The Morgan fingerprint density at radius 1 is 1.12 bits per heavy atom. The number of nitriles is 1. The van der Waals surface area contributed by atoms with Crippen molar-refractivity contribution in [2.45, 2.75) is 39.0 Å². The fourth-order valence-corrected chi connectivity index (χ4v) is 3.90. The van der Waals surface area contributed by atoms with Crippen molar-refractivity contribution in [1.29, 1.82) is 5.26 Å². The molecule has 0 aliphatic rings. The highest BCUT2D eigenvalue weighted by molar-refractivity contribution is 7.92. The maximum absolute atomic E-state index is 12.4. The Morgan fingerprint density at radius 2 is 1.81 bits per heavy atom. The molecule has 8 heteroatoms. The third kappa shape index (κ3) is 5.62. The van der Waals surface area contributed by atoms with E-state index in [1.165, 1.54) is 0 Å². The fraction of sp³-hybridized carbons (Fsp3) is 0.292. The molecule has 0 aliphatic carbocycles. The maximum Gasteiger partial charge on any atom is 0.257 e. The summed E-state index contributed by atoms with van der Waals surface area (Å²) in [7, 11) is -3.33. The highest BCUT2D eigenvalue weighted by atomic mass is 32.2. The summed E-state index contributed by atoms with van der Waals surface area (Å²) in [6.07, 6.45) is 3.88. The maximum atomic E-state index is 12.4. The Labute approximate surface area is 188 Å². The van der Waals surface area contributed by atoms with Gasteiger partial charge in [0.15, 0.2) is 0 Å². The predicted octanol–water partition coefficient (Wildman–Crippen LogP) is 3.76. The summed E-state index contributed by atoms with van der Waals surface area (Å²) < 4.78 is 25.2. The second kappa shape index (κ2) is 8.97. The number of nitrogens with zero attached hydrogens (tertiary/aromatic N) is 2. The van der Waals surface area contributed by atoms with E-state index in [1.54, 1.807) is 30.5 Å². The zero-order valence-electron chi connectivity index (χ0n) is 18.6. The lowest BCUT2D eigenvalue weighted by atomic mass is 9.87. The van der Waals surface area contributed by atoms with Crippen molar-refractivity contribution >= 4 is 15.7 Å². The van der Waals surface area contributed by atoms with Crippen LogP contribution in [0.5, 0.6) is 0 Å². The number of sulfonamides is 1. The lowest BCUT2D eigenvalue weighted by Gasteiger charge is -2.21. The van der Waals surface area contributed by atoms with Crippen LogP contribution in [0.2, 0.25) is 0 Å². The first-order chi connectivity index (χ1) is 15.0. The summed E-state index contributed by atoms with van der Waals surface area (Å²) >= 11 is 0. The molecular formula is C24H26N4O3S. The number of hydrogen-bond acceptors (Lipinski definition) is 5. The van der Waals surface area contributed by atoms with Crippen LogP contribution in [0.3, 0.4) is 0 Å². The van der Waals surface area contributed by atoms with Crippen LogP contribution in [0, 0.1) is 11.3 Å². The number of aromatic nitrogens is 2. The molecule has 166 valence electrons. The van der Waals surface area contributed by atoms with Crippen LogP contribution in [-0.4, -0.2) is 24.6 Å². The standard InChI is InChI=1S/C24H26N4O3S/c1-24(2,3)21-14-17(10-7-16-8-11-18(12-9-16)28-32(4,30)31)20(15-25)22(27-21)19-6-5-13-26-23(19)29/h5-6,8-9,11-14,28H,7,10H2,1-4H3,(H,26,29). The van der Waals surface area contributed by atoms with Crippen LogP contribution < -0.4 is 10.3 Å². The van der Waals surface area contributed by atoms with Crippen molar-refractivity contribution in [2.24, 2.45) is 0 Å². The molecule has 0 atom stereocenters. The van der Waals surface area contributed by atoms with E-state index in [0.717, 1.165) is 23.1 Å². The first-order valence-electron chi connectivity index (χ1n) is 10.2. The van der Waals surface area contributed by atoms with E-state index < -0.39 is 10.0 Å². The van der Waals surface area contributed by atoms with Gasteiger partial charge >= 0.3 is 0 Å². The van der Waals surface area contributed by atoms with Crippen LogP contribution in [0.25, 0.3) is 11.3 Å². The van der Waals surface area contributed by atoms with E-state index in [9.17, 15) is 18.5 Å². The van der Waals surface area contributed by atoms with E-state index in [4.69, 9.17) is 4.98 Å². The van der Waals surface area contributed by atoms with Gasteiger partial charge in [0.1, 0.15) is 6.07 Å². The summed E-state index contributed by atoms with van der Waals surface area (Å²) in [6, 6.07) is 14.7. The fourth-order valence-electron chi connectivity index (χ4n) is 3.34. The average Bonchev–Trinajstić information content (AvgIpc) is 2.71. The Morgan fingerprint density at radius 3 is 2.38 bits per heavy atom.